The van der Waals surface area contributed by atoms with Gasteiger partial charge in [-0.2, -0.15) is 0 Å². The van der Waals surface area contributed by atoms with Crippen LogP contribution in [0.15, 0.2) is 18.2 Å². The number of benzene rings is 1. The summed E-state index contributed by atoms with van der Waals surface area (Å²) in [6.07, 6.45) is 7.32. The lowest BCUT2D eigenvalue weighted by Gasteiger charge is -2.21. The Morgan fingerprint density at radius 1 is 1.35 bits per heavy atom. The van der Waals surface area contributed by atoms with E-state index in [1.165, 1.54) is 57.4 Å². The quantitative estimate of drug-likeness (QED) is 0.617. The maximum atomic E-state index is 12.0. The first-order chi connectivity index (χ1) is 11.1. The van der Waals surface area contributed by atoms with Crippen molar-refractivity contribution in [2.75, 3.05) is 19.0 Å². The highest BCUT2D eigenvalue weighted by atomic mass is 16.6. The number of carbonyl (C=O) groups excluding carboxylic acids is 1. The summed E-state index contributed by atoms with van der Waals surface area (Å²) >= 11 is 0. The third-order valence-electron chi connectivity index (χ3n) is 4.20. The zero-order valence-electron chi connectivity index (χ0n) is 13.3. The number of hydrogen-bond acceptors (Lipinski definition) is 4. The first kappa shape index (κ1) is 17.1. The van der Waals surface area contributed by atoms with E-state index in [1.54, 1.807) is 0 Å². The van der Waals surface area contributed by atoms with Crippen molar-refractivity contribution in [1.82, 2.24) is 5.32 Å². The first-order valence-electron chi connectivity index (χ1n) is 7.97. The second-order valence-electron chi connectivity index (χ2n) is 5.82. The Balaban J connectivity index is 1.86. The number of methoxy groups -OCH3 is 1. The lowest BCUT2D eigenvalue weighted by Crippen LogP contribution is -2.31. The highest BCUT2D eigenvalue weighted by molar-refractivity contribution is 5.91. The van der Waals surface area contributed by atoms with Crippen LogP contribution in [0.2, 0.25) is 0 Å². The summed E-state index contributed by atoms with van der Waals surface area (Å²) in [7, 11) is 1.45. The Bertz CT molecular complexity index is 556. The number of ether oxygens (including phenoxy) is 1. The fourth-order valence-corrected chi connectivity index (χ4v) is 2.94. The molecule has 0 aromatic heterocycles. The summed E-state index contributed by atoms with van der Waals surface area (Å²) in [6.45, 7) is 0.605. The van der Waals surface area contributed by atoms with Crippen molar-refractivity contribution >= 4 is 17.4 Å². The van der Waals surface area contributed by atoms with Crippen molar-refractivity contribution in [2.24, 2.45) is 5.92 Å². The molecular weight excluding hydrogens is 298 g/mol. The molecule has 23 heavy (non-hydrogen) atoms. The van der Waals surface area contributed by atoms with Crippen molar-refractivity contribution < 1.29 is 14.5 Å². The normalized spacial score (nSPS) is 15.0. The van der Waals surface area contributed by atoms with Crippen molar-refractivity contribution in [3.63, 3.8) is 0 Å². The summed E-state index contributed by atoms with van der Waals surface area (Å²) in [5.74, 6) is 1.08. The zero-order chi connectivity index (χ0) is 16.7. The largest absolute Gasteiger partial charge is 0.495 e. The van der Waals surface area contributed by atoms with E-state index in [0.29, 0.717) is 18.2 Å². The highest BCUT2D eigenvalue weighted by Crippen LogP contribution is 2.29. The molecule has 1 fully saturated rings. The highest BCUT2D eigenvalue weighted by Gasteiger charge is 2.15. The third kappa shape index (κ3) is 5.12. The summed E-state index contributed by atoms with van der Waals surface area (Å²) in [6, 6.07) is 3.72. The minimum absolute atomic E-state index is 0.0942. The van der Waals surface area contributed by atoms with Gasteiger partial charge in [0.1, 0.15) is 5.75 Å². The van der Waals surface area contributed by atoms with E-state index in [9.17, 15) is 14.9 Å². The van der Waals surface area contributed by atoms with E-state index in [4.69, 9.17) is 4.74 Å². The fraction of sp³-hybridized carbons (Fsp3) is 0.562. The minimum atomic E-state index is -0.508. The molecule has 0 bridgehead atoms. The molecule has 1 aliphatic rings. The molecule has 2 rings (SSSR count). The number of amides is 2. The van der Waals surface area contributed by atoms with Gasteiger partial charge in [-0.3, -0.25) is 10.1 Å². The molecule has 0 spiro atoms. The summed E-state index contributed by atoms with van der Waals surface area (Å²) < 4.78 is 5.12. The standard InChI is InChI=1S/C16H23N3O4/c1-23-15-8-7-13(19(21)22)11-14(15)18-16(20)17-10-9-12-5-3-2-4-6-12/h7-8,11-12H,2-6,9-10H2,1H3,(H2,17,18,20). The molecule has 126 valence electrons. The molecule has 0 heterocycles. The van der Waals surface area contributed by atoms with Crippen LogP contribution in [0.5, 0.6) is 5.75 Å². The van der Waals surface area contributed by atoms with Crippen LogP contribution in [0, 0.1) is 16.0 Å². The van der Waals surface area contributed by atoms with Gasteiger partial charge >= 0.3 is 6.03 Å². The topological polar surface area (TPSA) is 93.5 Å². The van der Waals surface area contributed by atoms with Gasteiger partial charge in [-0.1, -0.05) is 32.1 Å². The van der Waals surface area contributed by atoms with Gasteiger partial charge in [0.25, 0.3) is 5.69 Å². The van der Waals surface area contributed by atoms with E-state index < -0.39 is 4.92 Å². The first-order valence-corrected chi connectivity index (χ1v) is 7.97. The van der Waals surface area contributed by atoms with Crippen LogP contribution in [0.4, 0.5) is 16.2 Å². The average molecular weight is 321 g/mol. The SMILES string of the molecule is COc1ccc([N+](=O)[O-])cc1NC(=O)NCCC1CCCCC1. The van der Waals surface area contributed by atoms with Crippen molar-refractivity contribution in [3.8, 4) is 5.75 Å². The van der Waals surface area contributed by atoms with Crippen LogP contribution in [-0.4, -0.2) is 24.6 Å². The second-order valence-corrected chi connectivity index (χ2v) is 5.82. The van der Waals surface area contributed by atoms with E-state index in [1.807, 2.05) is 0 Å². The van der Waals surface area contributed by atoms with Crippen molar-refractivity contribution in [3.05, 3.63) is 28.3 Å². The molecule has 0 atom stereocenters. The lowest BCUT2D eigenvalue weighted by atomic mass is 9.87. The molecule has 1 saturated carbocycles. The number of carbonyl (C=O) groups is 1. The molecular formula is C16H23N3O4. The van der Waals surface area contributed by atoms with Gasteiger partial charge in [0, 0.05) is 18.7 Å². The summed E-state index contributed by atoms with van der Waals surface area (Å²) in [5.41, 5.74) is 0.195. The van der Waals surface area contributed by atoms with E-state index >= 15 is 0 Å². The molecule has 2 N–H and O–H groups in total. The van der Waals surface area contributed by atoms with Crippen LogP contribution in [0.1, 0.15) is 38.5 Å². The van der Waals surface area contributed by atoms with E-state index in [0.717, 1.165) is 6.42 Å². The lowest BCUT2D eigenvalue weighted by molar-refractivity contribution is -0.384. The molecule has 0 saturated heterocycles. The van der Waals surface area contributed by atoms with Crippen LogP contribution < -0.4 is 15.4 Å². The number of urea groups is 1. The van der Waals surface area contributed by atoms with Gasteiger partial charge in [-0.05, 0) is 18.4 Å². The Hall–Kier alpha value is -2.31. The van der Waals surface area contributed by atoms with E-state index in [2.05, 4.69) is 10.6 Å². The number of non-ortho nitro benzene ring substituents is 1. The second kappa shape index (κ2) is 8.36. The maximum Gasteiger partial charge on any atom is 0.319 e. The van der Waals surface area contributed by atoms with Crippen LogP contribution >= 0.6 is 0 Å². The predicted octanol–water partition coefficient (Wildman–Crippen LogP) is 3.70. The number of nitro groups is 1. The van der Waals surface area contributed by atoms with Crippen molar-refractivity contribution in [1.29, 1.82) is 0 Å². The van der Waals surface area contributed by atoms with Gasteiger partial charge in [0.15, 0.2) is 0 Å². The van der Waals surface area contributed by atoms with Gasteiger partial charge in [0.2, 0.25) is 0 Å². The van der Waals surface area contributed by atoms with Crippen LogP contribution in [0.25, 0.3) is 0 Å². The number of anilines is 1. The number of nitrogens with zero attached hydrogens (tertiary/aromatic N) is 1. The Morgan fingerprint density at radius 3 is 2.74 bits per heavy atom. The number of nitrogens with one attached hydrogen (secondary N) is 2. The maximum absolute atomic E-state index is 12.0. The van der Waals surface area contributed by atoms with Gasteiger partial charge in [0.05, 0.1) is 17.7 Å². The molecule has 1 aromatic rings. The van der Waals surface area contributed by atoms with Crippen LogP contribution in [-0.2, 0) is 0 Å². The number of nitro benzene ring substituents is 1. The molecule has 1 aliphatic carbocycles. The van der Waals surface area contributed by atoms with Gasteiger partial charge in [-0.15, -0.1) is 0 Å². The number of hydrogen-bond donors (Lipinski definition) is 2. The smallest absolute Gasteiger partial charge is 0.319 e. The summed E-state index contributed by atoms with van der Waals surface area (Å²) in [4.78, 5) is 22.3. The molecule has 0 radical (unpaired) electrons. The Morgan fingerprint density at radius 2 is 2.09 bits per heavy atom. The fourth-order valence-electron chi connectivity index (χ4n) is 2.94. The van der Waals surface area contributed by atoms with E-state index in [-0.39, 0.29) is 17.4 Å². The predicted molar refractivity (Wildman–Crippen MR) is 87.9 cm³/mol. The van der Waals surface area contributed by atoms with Gasteiger partial charge in [-0.25, -0.2) is 4.79 Å². The molecule has 7 heteroatoms. The average Bonchev–Trinajstić information content (AvgIpc) is 2.55. The zero-order valence-corrected chi connectivity index (χ0v) is 13.3. The Kier molecular flexibility index (Phi) is 6.19. The van der Waals surface area contributed by atoms with Crippen LogP contribution in [0.3, 0.4) is 0 Å². The monoisotopic (exact) mass is 321 g/mol. The molecule has 7 nitrogen and oxygen atoms in total. The molecule has 1 aromatic carbocycles. The molecule has 0 aliphatic heterocycles. The van der Waals surface area contributed by atoms with Gasteiger partial charge < -0.3 is 15.4 Å². The molecule has 0 unspecified atom stereocenters. The molecule has 2 amide bonds. The summed E-state index contributed by atoms with van der Waals surface area (Å²) in [5, 5.41) is 16.2. The Labute approximate surface area is 135 Å². The van der Waals surface area contributed by atoms with Crippen molar-refractivity contribution in [2.45, 2.75) is 38.5 Å². The minimum Gasteiger partial charge on any atom is -0.495 e. The third-order valence-corrected chi connectivity index (χ3v) is 4.20. The number of rotatable bonds is 6.